The summed E-state index contributed by atoms with van der Waals surface area (Å²) in [6, 6.07) is 18.6. The van der Waals surface area contributed by atoms with E-state index in [0.29, 0.717) is 22.2 Å². The highest BCUT2D eigenvalue weighted by Crippen LogP contribution is 2.23. The summed E-state index contributed by atoms with van der Waals surface area (Å²) in [4.78, 5) is 66.9. The summed E-state index contributed by atoms with van der Waals surface area (Å²) < 4.78 is 0. The zero-order valence-corrected chi connectivity index (χ0v) is 17.5. The van der Waals surface area contributed by atoms with Gasteiger partial charge in [-0.3, -0.25) is 29.3 Å². The second-order valence-corrected chi connectivity index (χ2v) is 7.27. The van der Waals surface area contributed by atoms with Gasteiger partial charge in [0.25, 0.3) is 17.2 Å². The molecule has 1 heterocycles. The van der Waals surface area contributed by atoms with Gasteiger partial charge in [0.1, 0.15) is 11.4 Å². The first kappa shape index (κ1) is 22.2. The van der Waals surface area contributed by atoms with E-state index in [1.54, 1.807) is 36.4 Å². The lowest BCUT2D eigenvalue weighted by Gasteiger charge is -2.06. The van der Waals surface area contributed by atoms with Gasteiger partial charge in [-0.1, -0.05) is 42.5 Å². The van der Waals surface area contributed by atoms with E-state index >= 15 is 0 Å². The zero-order valence-electron chi connectivity index (χ0n) is 17.5. The third-order valence-corrected chi connectivity index (χ3v) is 4.99. The molecular formula is C24H16N4O6. The molecule has 168 valence electrons. The molecule has 1 aromatic heterocycles. The Hall–Kier alpha value is -4.99. The predicted octanol–water partition coefficient (Wildman–Crippen LogP) is 2.81. The van der Waals surface area contributed by atoms with Gasteiger partial charge >= 0.3 is 0 Å². The molecule has 4 aromatic rings. The molecule has 4 rings (SSSR count). The number of nitrogens with one attached hydrogen (secondary N) is 2. The number of rotatable bonds is 7. The van der Waals surface area contributed by atoms with Crippen molar-refractivity contribution in [2.45, 2.75) is 6.42 Å². The minimum atomic E-state index is -1.11. The van der Waals surface area contributed by atoms with E-state index in [2.05, 4.69) is 15.3 Å². The van der Waals surface area contributed by atoms with Gasteiger partial charge in [-0.05, 0) is 24.3 Å². The van der Waals surface area contributed by atoms with Crippen LogP contribution < -0.4 is 10.9 Å². The van der Waals surface area contributed by atoms with Crippen LogP contribution in [0.2, 0.25) is 0 Å². The van der Waals surface area contributed by atoms with E-state index in [1.807, 2.05) is 0 Å². The van der Waals surface area contributed by atoms with Crippen molar-refractivity contribution in [3.05, 3.63) is 110 Å². The van der Waals surface area contributed by atoms with Crippen molar-refractivity contribution in [3.8, 4) is 0 Å². The Balaban J connectivity index is 1.54. The van der Waals surface area contributed by atoms with Crippen molar-refractivity contribution in [2.75, 3.05) is 5.32 Å². The van der Waals surface area contributed by atoms with Crippen molar-refractivity contribution in [1.29, 1.82) is 0 Å². The Labute approximate surface area is 191 Å². The number of ketones is 2. The Morgan fingerprint density at radius 3 is 2.38 bits per heavy atom. The number of hydrogen-bond donors (Lipinski definition) is 2. The van der Waals surface area contributed by atoms with E-state index in [4.69, 9.17) is 0 Å². The molecule has 3 aromatic carbocycles. The fourth-order valence-electron chi connectivity index (χ4n) is 3.30. The number of carbonyl (C=O) groups is 3. The fourth-order valence-corrected chi connectivity index (χ4v) is 3.30. The number of benzene rings is 3. The lowest BCUT2D eigenvalue weighted by atomic mass is 10.0. The standard InChI is InChI=1S/C24H16N4O6/c29-21(24(32)26-17-8-4-5-9-20(17)28(33)34)13-19-23(31)27-18-12-15(10-11-16(18)25-19)22(30)14-6-2-1-3-7-14/h1-12H,13H2,(H,26,32)(H,27,31). The molecule has 0 saturated heterocycles. The SMILES string of the molecule is O=C(Cc1nc2ccc(C(=O)c3ccccc3)cc2[nH]c1=O)C(=O)Nc1ccccc1[N+](=O)[O-]. The number of H-pyrrole nitrogens is 1. The molecule has 0 aliphatic heterocycles. The first-order valence-electron chi connectivity index (χ1n) is 10.0. The average Bonchev–Trinajstić information content (AvgIpc) is 2.84. The lowest BCUT2D eigenvalue weighted by molar-refractivity contribution is -0.383. The lowest BCUT2D eigenvalue weighted by Crippen LogP contribution is -2.28. The highest BCUT2D eigenvalue weighted by Gasteiger charge is 2.21. The number of aromatic amines is 1. The summed E-state index contributed by atoms with van der Waals surface area (Å²) in [6.45, 7) is 0. The topological polar surface area (TPSA) is 152 Å². The van der Waals surface area contributed by atoms with E-state index in [-0.39, 0.29) is 22.9 Å². The van der Waals surface area contributed by atoms with Gasteiger partial charge < -0.3 is 10.3 Å². The molecule has 2 N–H and O–H groups in total. The summed E-state index contributed by atoms with van der Waals surface area (Å²) in [5.74, 6) is -2.33. The van der Waals surface area contributed by atoms with Crippen molar-refractivity contribution < 1.29 is 19.3 Å². The first-order chi connectivity index (χ1) is 16.3. The first-order valence-corrected chi connectivity index (χ1v) is 10.0. The summed E-state index contributed by atoms with van der Waals surface area (Å²) in [5.41, 5.74) is 0.0698. The maximum atomic E-state index is 12.6. The molecule has 0 fully saturated rings. The van der Waals surface area contributed by atoms with Crippen molar-refractivity contribution in [1.82, 2.24) is 9.97 Å². The van der Waals surface area contributed by atoms with Gasteiger partial charge in [0.05, 0.1) is 22.4 Å². The van der Waals surface area contributed by atoms with Gasteiger partial charge in [-0.2, -0.15) is 0 Å². The number of amides is 1. The quantitative estimate of drug-likeness (QED) is 0.188. The summed E-state index contributed by atoms with van der Waals surface area (Å²) >= 11 is 0. The number of aromatic nitrogens is 2. The number of Topliss-reactive ketones (excluding diaryl/α,β-unsaturated/α-hetero) is 1. The van der Waals surface area contributed by atoms with Crippen LogP contribution in [-0.2, 0) is 16.0 Å². The Kier molecular flexibility index (Phi) is 6.04. The van der Waals surface area contributed by atoms with Crippen LogP contribution in [0.4, 0.5) is 11.4 Å². The molecule has 0 atom stereocenters. The molecule has 0 aliphatic rings. The minimum Gasteiger partial charge on any atom is -0.319 e. The van der Waals surface area contributed by atoms with Gasteiger partial charge in [0.2, 0.25) is 5.78 Å². The van der Waals surface area contributed by atoms with Crippen molar-refractivity contribution in [3.63, 3.8) is 0 Å². The molecule has 0 unspecified atom stereocenters. The van der Waals surface area contributed by atoms with Crippen LogP contribution in [0, 0.1) is 10.1 Å². The number of nitrogens with zero attached hydrogens (tertiary/aromatic N) is 2. The molecular weight excluding hydrogens is 440 g/mol. The van der Waals surface area contributed by atoms with Gasteiger partial charge in [-0.25, -0.2) is 4.98 Å². The van der Waals surface area contributed by atoms with Crippen molar-refractivity contribution in [2.24, 2.45) is 0 Å². The van der Waals surface area contributed by atoms with Gasteiger partial charge in [-0.15, -0.1) is 0 Å². The van der Waals surface area contributed by atoms with Crippen LogP contribution >= 0.6 is 0 Å². The number of fused-ring (bicyclic) bond motifs is 1. The minimum absolute atomic E-state index is 0.137. The molecule has 0 radical (unpaired) electrons. The van der Waals surface area contributed by atoms with E-state index < -0.39 is 28.6 Å². The maximum Gasteiger partial charge on any atom is 0.292 e. The Bertz CT molecular complexity index is 1510. The highest BCUT2D eigenvalue weighted by atomic mass is 16.6. The molecule has 10 heteroatoms. The van der Waals surface area contributed by atoms with E-state index in [0.717, 1.165) is 0 Å². The van der Waals surface area contributed by atoms with Crippen LogP contribution in [0.3, 0.4) is 0 Å². The van der Waals surface area contributed by atoms with Crippen LogP contribution in [0.15, 0.2) is 77.6 Å². The summed E-state index contributed by atoms with van der Waals surface area (Å²) in [5, 5.41) is 13.3. The normalized spacial score (nSPS) is 10.6. The van der Waals surface area contributed by atoms with E-state index in [1.165, 1.54) is 36.4 Å². The molecule has 34 heavy (non-hydrogen) atoms. The number of nitro benzene ring substituents is 1. The average molecular weight is 456 g/mol. The molecule has 0 spiro atoms. The summed E-state index contributed by atoms with van der Waals surface area (Å²) in [7, 11) is 0. The Morgan fingerprint density at radius 1 is 0.941 bits per heavy atom. The maximum absolute atomic E-state index is 12.6. The molecule has 10 nitrogen and oxygen atoms in total. The third kappa shape index (κ3) is 4.60. The summed E-state index contributed by atoms with van der Waals surface area (Å²) in [6.07, 6.45) is -0.609. The molecule has 0 bridgehead atoms. The molecule has 0 saturated carbocycles. The van der Waals surface area contributed by atoms with Gasteiger partial charge in [0.15, 0.2) is 5.78 Å². The largest absolute Gasteiger partial charge is 0.319 e. The number of para-hydroxylation sites is 2. The number of nitro groups is 1. The van der Waals surface area contributed by atoms with Crippen LogP contribution in [0.1, 0.15) is 21.6 Å². The number of hydrogen-bond acceptors (Lipinski definition) is 7. The van der Waals surface area contributed by atoms with Crippen LogP contribution in [0.5, 0.6) is 0 Å². The Morgan fingerprint density at radius 2 is 1.65 bits per heavy atom. The van der Waals surface area contributed by atoms with Crippen LogP contribution in [0.25, 0.3) is 11.0 Å². The monoisotopic (exact) mass is 456 g/mol. The highest BCUT2D eigenvalue weighted by molar-refractivity contribution is 6.41. The van der Waals surface area contributed by atoms with E-state index in [9.17, 15) is 29.3 Å². The molecule has 0 aliphatic carbocycles. The van der Waals surface area contributed by atoms with Crippen molar-refractivity contribution >= 4 is 39.9 Å². The van der Waals surface area contributed by atoms with Crippen LogP contribution in [-0.4, -0.2) is 32.4 Å². The third-order valence-electron chi connectivity index (χ3n) is 4.99. The second-order valence-electron chi connectivity index (χ2n) is 7.27. The fraction of sp³-hybridized carbons (Fsp3) is 0.0417. The predicted molar refractivity (Wildman–Crippen MR) is 123 cm³/mol. The second kappa shape index (κ2) is 9.25. The number of carbonyl (C=O) groups excluding carboxylic acids is 3. The number of anilines is 1. The van der Waals surface area contributed by atoms with Gasteiger partial charge in [0, 0.05) is 17.2 Å². The molecule has 1 amide bonds. The smallest absolute Gasteiger partial charge is 0.292 e. The zero-order chi connectivity index (χ0) is 24.2.